The van der Waals surface area contributed by atoms with Crippen LogP contribution < -0.4 is 9.64 Å². The van der Waals surface area contributed by atoms with Crippen LogP contribution in [0.3, 0.4) is 0 Å². The molecule has 0 saturated heterocycles. The number of hydrogen-bond donors (Lipinski definition) is 1. The number of anilines is 1. The third kappa shape index (κ3) is 3.66. The van der Waals surface area contributed by atoms with Gasteiger partial charge in [0.15, 0.2) is 11.4 Å². The molecule has 0 fully saturated rings. The van der Waals surface area contributed by atoms with E-state index in [1.165, 1.54) is 18.7 Å². The van der Waals surface area contributed by atoms with E-state index in [1.54, 1.807) is 42.5 Å². The molecule has 146 valence electrons. The molecule has 1 amide bonds. The molecule has 3 rings (SSSR count). The zero-order chi connectivity index (χ0) is 20.5. The highest BCUT2D eigenvalue weighted by Gasteiger charge is 2.51. The molecule has 1 aliphatic heterocycles. The van der Waals surface area contributed by atoms with Crippen molar-refractivity contribution in [3.8, 4) is 5.75 Å². The summed E-state index contributed by atoms with van der Waals surface area (Å²) in [4.78, 5) is 37.2. The zero-order valence-corrected chi connectivity index (χ0v) is 16.3. The summed E-state index contributed by atoms with van der Waals surface area (Å²) in [5.41, 5.74) is -0.619. The average molecular weight is 402 g/mol. The summed E-state index contributed by atoms with van der Waals surface area (Å²) in [7, 11) is 0. The van der Waals surface area contributed by atoms with Crippen LogP contribution >= 0.6 is 11.6 Å². The first-order valence-corrected chi connectivity index (χ1v) is 9.18. The Morgan fingerprint density at radius 1 is 1.14 bits per heavy atom. The summed E-state index contributed by atoms with van der Waals surface area (Å²) in [5.74, 6) is -0.382. The van der Waals surface area contributed by atoms with Crippen LogP contribution in [0.5, 0.6) is 5.75 Å². The maximum Gasteiger partial charge on any atom is 0.264 e. The number of benzene rings is 2. The first-order chi connectivity index (χ1) is 13.2. The normalized spacial score (nSPS) is 18.1. The second-order valence-corrected chi connectivity index (χ2v) is 7.17. The van der Waals surface area contributed by atoms with Crippen molar-refractivity contribution in [2.75, 3.05) is 18.1 Å². The van der Waals surface area contributed by atoms with Gasteiger partial charge in [0.05, 0.1) is 17.3 Å². The van der Waals surface area contributed by atoms with Crippen LogP contribution in [0.25, 0.3) is 0 Å². The molecule has 1 N–H and O–H groups in total. The molecule has 1 heterocycles. The number of ketones is 2. The van der Waals surface area contributed by atoms with Crippen LogP contribution in [0.2, 0.25) is 5.02 Å². The quantitative estimate of drug-likeness (QED) is 0.720. The fourth-order valence-electron chi connectivity index (χ4n) is 3.35. The summed E-state index contributed by atoms with van der Waals surface area (Å²) in [6, 6.07) is 11.5. The molecule has 0 radical (unpaired) electrons. The smallest absolute Gasteiger partial charge is 0.264 e. The predicted octanol–water partition coefficient (Wildman–Crippen LogP) is 3.13. The topological polar surface area (TPSA) is 83.9 Å². The minimum absolute atomic E-state index is 0.0368. The number of fused-ring (bicyclic) bond motifs is 1. The Morgan fingerprint density at radius 3 is 2.43 bits per heavy atom. The van der Waals surface area contributed by atoms with E-state index in [1.807, 2.05) is 0 Å². The van der Waals surface area contributed by atoms with Gasteiger partial charge in [0.2, 0.25) is 0 Å². The van der Waals surface area contributed by atoms with Gasteiger partial charge >= 0.3 is 0 Å². The fraction of sp³-hybridized carbons (Fsp3) is 0.286. The lowest BCUT2D eigenvalue weighted by atomic mass is 9.90. The lowest BCUT2D eigenvalue weighted by Gasteiger charge is -2.22. The Labute approximate surface area is 167 Å². The number of ether oxygens (including phenoxy) is 1. The van der Waals surface area contributed by atoms with Gasteiger partial charge in [-0.3, -0.25) is 14.4 Å². The molecule has 0 bridgehead atoms. The molecule has 1 aliphatic rings. The molecular formula is C21H20ClNO5. The number of amides is 1. The maximum absolute atomic E-state index is 12.9. The molecule has 28 heavy (non-hydrogen) atoms. The summed E-state index contributed by atoms with van der Waals surface area (Å²) < 4.78 is 5.66. The van der Waals surface area contributed by atoms with Gasteiger partial charge in [-0.15, -0.1) is 0 Å². The predicted molar refractivity (Wildman–Crippen MR) is 105 cm³/mol. The number of hydrogen-bond acceptors (Lipinski definition) is 5. The van der Waals surface area contributed by atoms with E-state index in [-0.39, 0.29) is 31.1 Å². The molecule has 0 spiro atoms. The number of Topliss-reactive ketones (excluding diaryl/α,β-unsaturated/α-hetero) is 2. The minimum Gasteiger partial charge on any atom is -0.492 e. The van der Waals surface area contributed by atoms with Gasteiger partial charge < -0.3 is 14.7 Å². The summed E-state index contributed by atoms with van der Waals surface area (Å²) in [6.45, 7) is 3.10. The van der Waals surface area contributed by atoms with Gasteiger partial charge in [-0.05, 0) is 44.2 Å². The number of halogens is 1. The SMILES string of the molecule is CC(=O)CC1(O)C(=O)N(CCOc2ccc(C(C)=O)cc2)c2c(Cl)cccc21. The van der Waals surface area contributed by atoms with Crippen molar-refractivity contribution in [1.29, 1.82) is 0 Å². The Kier molecular flexibility index (Phi) is 5.54. The third-order valence-corrected chi connectivity index (χ3v) is 4.96. The molecule has 1 atom stereocenters. The Hall–Kier alpha value is -2.70. The first-order valence-electron chi connectivity index (χ1n) is 8.80. The van der Waals surface area contributed by atoms with Gasteiger partial charge in [-0.2, -0.15) is 0 Å². The van der Waals surface area contributed by atoms with Crippen molar-refractivity contribution in [3.05, 3.63) is 58.6 Å². The van der Waals surface area contributed by atoms with Crippen LogP contribution in [-0.4, -0.2) is 35.7 Å². The highest BCUT2D eigenvalue weighted by atomic mass is 35.5. The van der Waals surface area contributed by atoms with E-state index in [4.69, 9.17) is 16.3 Å². The van der Waals surface area contributed by atoms with Crippen molar-refractivity contribution in [2.45, 2.75) is 25.9 Å². The van der Waals surface area contributed by atoms with E-state index in [9.17, 15) is 19.5 Å². The standard InChI is InChI=1S/C21H20ClNO5/c1-13(24)12-21(27)17-4-3-5-18(22)19(17)23(20(21)26)10-11-28-16-8-6-15(7-9-16)14(2)25/h3-9,27H,10-12H2,1-2H3. The Balaban J connectivity index is 1.78. The van der Waals surface area contributed by atoms with Crippen molar-refractivity contribution in [1.82, 2.24) is 0 Å². The number of carbonyl (C=O) groups excluding carboxylic acids is 3. The summed E-state index contributed by atoms with van der Waals surface area (Å²) in [6.07, 6.45) is -0.316. The monoisotopic (exact) mass is 401 g/mol. The highest BCUT2D eigenvalue weighted by molar-refractivity contribution is 6.35. The number of rotatable bonds is 7. The average Bonchev–Trinajstić information content (AvgIpc) is 2.84. The molecule has 0 aliphatic carbocycles. The second kappa shape index (κ2) is 7.73. The first kappa shape index (κ1) is 20.0. The molecule has 0 aromatic heterocycles. The van der Waals surface area contributed by atoms with E-state index in [2.05, 4.69) is 0 Å². The van der Waals surface area contributed by atoms with Gasteiger partial charge in [0.25, 0.3) is 5.91 Å². The third-order valence-electron chi connectivity index (χ3n) is 4.65. The van der Waals surface area contributed by atoms with Crippen molar-refractivity contribution in [3.63, 3.8) is 0 Å². The molecule has 2 aromatic carbocycles. The van der Waals surface area contributed by atoms with Crippen molar-refractivity contribution >= 4 is 34.8 Å². The Morgan fingerprint density at radius 2 is 1.82 bits per heavy atom. The molecule has 2 aromatic rings. The lowest BCUT2D eigenvalue weighted by Crippen LogP contribution is -2.43. The highest BCUT2D eigenvalue weighted by Crippen LogP contribution is 2.45. The second-order valence-electron chi connectivity index (χ2n) is 6.76. The number of aliphatic hydroxyl groups is 1. The Bertz CT molecular complexity index is 940. The van der Waals surface area contributed by atoms with Crippen LogP contribution in [0.4, 0.5) is 5.69 Å². The largest absolute Gasteiger partial charge is 0.492 e. The number of nitrogens with zero attached hydrogens (tertiary/aromatic N) is 1. The molecule has 0 saturated carbocycles. The number of carbonyl (C=O) groups is 3. The van der Waals surface area contributed by atoms with Gasteiger partial charge in [0, 0.05) is 17.5 Å². The van der Waals surface area contributed by atoms with Crippen LogP contribution in [0.15, 0.2) is 42.5 Å². The summed E-state index contributed by atoms with van der Waals surface area (Å²) >= 11 is 6.27. The van der Waals surface area contributed by atoms with E-state index >= 15 is 0 Å². The summed E-state index contributed by atoms with van der Waals surface area (Å²) in [5, 5.41) is 11.2. The van der Waals surface area contributed by atoms with Gasteiger partial charge in [-0.25, -0.2) is 0 Å². The molecule has 1 unspecified atom stereocenters. The van der Waals surface area contributed by atoms with Crippen molar-refractivity contribution < 1.29 is 24.2 Å². The van der Waals surface area contributed by atoms with Crippen molar-refractivity contribution in [2.24, 2.45) is 0 Å². The minimum atomic E-state index is -1.92. The molecular weight excluding hydrogens is 382 g/mol. The van der Waals surface area contributed by atoms with E-state index in [0.717, 1.165) is 0 Å². The number of para-hydroxylation sites is 1. The van der Waals surface area contributed by atoms with Crippen LogP contribution in [0.1, 0.15) is 36.2 Å². The van der Waals surface area contributed by atoms with Crippen LogP contribution in [0, 0.1) is 0 Å². The zero-order valence-electron chi connectivity index (χ0n) is 15.6. The maximum atomic E-state index is 12.9. The fourth-order valence-corrected chi connectivity index (χ4v) is 3.63. The lowest BCUT2D eigenvalue weighted by molar-refractivity contribution is -0.141. The van der Waals surface area contributed by atoms with E-state index in [0.29, 0.717) is 27.6 Å². The molecule has 6 nitrogen and oxygen atoms in total. The molecule has 7 heteroatoms. The van der Waals surface area contributed by atoms with E-state index < -0.39 is 11.5 Å². The van der Waals surface area contributed by atoms with Crippen LogP contribution in [-0.2, 0) is 15.2 Å². The van der Waals surface area contributed by atoms with Gasteiger partial charge in [0.1, 0.15) is 18.1 Å². The van der Waals surface area contributed by atoms with Gasteiger partial charge in [-0.1, -0.05) is 23.7 Å².